The van der Waals surface area contributed by atoms with Gasteiger partial charge in [-0.25, -0.2) is 9.78 Å². The first-order chi connectivity index (χ1) is 11.9. The largest absolute Gasteiger partial charge is 0.461 e. The third kappa shape index (κ3) is 3.20. The number of carbonyl (C=O) groups is 2. The number of fused-ring (bicyclic) bond motifs is 1. The zero-order valence-electron chi connectivity index (χ0n) is 13.2. The van der Waals surface area contributed by atoms with Gasteiger partial charge in [0.05, 0.1) is 28.9 Å². The first-order valence-electron chi connectivity index (χ1n) is 7.54. The Morgan fingerprint density at radius 1 is 1.36 bits per heavy atom. The molecule has 130 valence electrons. The van der Waals surface area contributed by atoms with Crippen molar-refractivity contribution in [3.05, 3.63) is 62.9 Å². The van der Waals surface area contributed by atoms with Gasteiger partial charge in [-0.1, -0.05) is 41.4 Å². The van der Waals surface area contributed by atoms with Crippen molar-refractivity contribution >= 4 is 35.1 Å². The lowest BCUT2D eigenvalue weighted by atomic mass is 10.1. The molecule has 0 radical (unpaired) electrons. The maximum absolute atomic E-state index is 12.5. The van der Waals surface area contributed by atoms with Crippen LogP contribution in [0.3, 0.4) is 0 Å². The van der Waals surface area contributed by atoms with E-state index in [0.29, 0.717) is 16.8 Å². The fourth-order valence-electron chi connectivity index (χ4n) is 2.65. The van der Waals surface area contributed by atoms with E-state index in [1.807, 2.05) is 0 Å². The molecule has 0 aliphatic carbocycles. The van der Waals surface area contributed by atoms with E-state index >= 15 is 0 Å². The van der Waals surface area contributed by atoms with E-state index in [1.165, 1.54) is 11.0 Å². The molecule has 0 fully saturated rings. The summed E-state index contributed by atoms with van der Waals surface area (Å²) in [5.74, 6) is -1.03. The van der Waals surface area contributed by atoms with Crippen molar-refractivity contribution in [3.8, 4) is 0 Å². The van der Waals surface area contributed by atoms with Crippen LogP contribution >= 0.6 is 23.2 Å². The third-order valence-corrected chi connectivity index (χ3v) is 4.57. The minimum Gasteiger partial charge on any atom is -0.461 e. The molecule has 0 saturated heterocycles. The Labute approximate surface area is 153 Å². The molecule has 1 aromatic heterocycles. The summed E-state index contributed by atoms with van der Waals surface area (Å²) in [5, 5.41) is 10.5. The minimum atomic E-state index is -1.09. The number of hydrogen-bond acceptors (Lipinski definition) is 5. The van der Waals surface area contributed by atoms with Crippen molar-refractivity contribution in [2.45, 2.75) is 19.7 Å². The molecule has 1 aliphatic heterocycles. The molecule has 2 heterocycles. The Bertz CT molecular complexity index is 857. The monoisotopic (exact) mass is 380 g/mol. The number of hydrogen-bond donors (Lipinski definition) is 1. The lowest BCUT2D eigenvalue weighted by molar-refractivity contribution is 0.0132. The molecule has 0 saturated carbocycles. The Morgan fingerprint density at radius 3 is 2.76 bits per heavy atom. The van der Waals surface area contributed by atoms with Crippen LogP contribution in [-0.2, 0) is 11.3 Å². The van der Waals surface area contributed by atoms with Crippen LogP contribution in [0.5, 0.6) is 0 Å². The van der Waals surface area contributed by atoms with E-state index in [-0.39, 0.29) is 34.8 Å². The van der Waals surface area contributed by atoms with Gasteiger partial charge in [0.1, 0.15) is 0 Å². The molecule has 3 rings (SSSR count). The maximum atomic E-state index is 12.5. The summed E-state index contributed by atoms with van der Waals surface area (Å²) in [6.07, 6.45) is -1.09. The fourth-order valence-corrected chi connectivity index (χ4v) is 3.04. The number of benzene rings is 1. The lowest BCUT2D eigenvalue weighted by Crippen LogP contribution is -2.28. The van der Waals surface area contributed by atoms with Gasteiger partial charge in [0, 0.05) is 11.1 Å². The molecule has 1 aliphatic rings. The Hall–Kier alpha value is -2.15. The number of amides is 1. The molecule has 1 N–H and O–H groups in total. The van der Waals surface area contributed by atoms with Crippen LogP contribution < -0.4 is 0 Å². The van der Waals surface area contributed by atoms with Gasteiger partial charge in [0.25, 0.3) is 5.91 Å². The maximum Gasteiger partial charge on any atom is 0.358 e. The van der Waals surface area contributed by atoms with Crippen molar-refractivity contribution in [2.75, 3.05) is 6.61 Å². The molecule has 1 amide bonds. The van der Waals surface area contributed by atoms with Crippen LogP contribution in [0.2, 0.25) is 10.0 Å². The normalized spacial score (nSPS) is 16.1. The van der Waals surface area contributed by atoms with Gasteiger partial charge in [-0.15, -0.1) is 0 Å². The number of nitrogens with zero attached hydrogens (tertiary/aromatic N) is 2. The summed E-state index contributed by atoms with van der Waals surface area (Å²) in [4.78, 5) is 29.8. The summed E-state index contributed by atoms with van der Waals surface area (Å²) < 4.78 is 4.91. The molecular formula is C17H14Cl2N2O4. The van der Waals surface area contributed by atoms with Gasteiger partial charge in [-0.05, 0) is 19.1 Å². The van der Waals surface area contributed by atoms with E-state index in [2.05, 4.69) is 4.98 Å². The first-order valence-corrected chi connectivity index (χ1v) is 8.29. The SMILES string of the molecule is CCOC(=O)c1nc(CN2C(=O)c3ccccc3C2O)cc(Cl)c1Cl. The van der Waals surface area contributed by atoms with Crippen LogP contribution in [-0.4, -0.2) is 33.5 Å². The average Bonchev–Trinajstić information content (AvgIpc) is 2.83. The molecule has 1 unspecified atom stereocenters. The van der Waals surface area contributed by atoms with Gasteiger partial charge in [-0.3, -0.25) is 4.79 Å². The quantitative estimate of drug-likeness (QED) is 0.823. The van der Waals surface area contributed by atoms with Gasteiger partial charge >= 0.3 is 5.97 Å². The molecule has 25 heavy (non-hydrogen) atoms. The van der Waals surface area contributed by atoms with Crippen LogP contribution in [0, 0.1) is 0 Å². The standard InChI is InChI=1S/C17H14Cl2N2O4/c1-2-25-17(24)14-13(19)12(18)7-9(20-14)8-21-15(22)10-5-3-4-6-11(10)16(21)23/h3-7,15,22H,2,8H2,1H3. The van der Waals surface area contributed by atoms with Crippen LogP contribution in [0.4, 0.5) is 0 Å². The highest BCUT2D eigenvalue weighted by Crippen LogP contribution is 2.33. The molecule has 1 aromatic carbocycles. The number of aliphatic hydroxyl groups is 1. The van der Waals surface area contributed by atoms with E-state index in [1.54, 1.807) is 31.2 Å². The number of ether oxygens (including phenoxy) is 1. The van der Waals surface area contributed by atoms with Gasteiger partial charge in [0.15, 0.2) is 11.9 Å². The van der Waals surface area contributed by atoms with E-state index in [0.717, 1.165) is 0 Å². The number of aromatic nitrogens is 1. The minimum absolute atomic E-state index is 0.0135. The summed E-state index contributed by atoms with van der Waals surface area (Å²) in [6, 6.07) is 8.26. The molecule has 8 heteroatoms. The van der Waals surface area contributed by atoms with Crippen molar-refractivity contribution in [3.63, 3.8) is 0 Å². The van der Waals surface area contributed by atoms with Gasteiger partial charge < -0.3 is 14.7 Å². The number of aliphatic hydroxyl groups excluding tert-OH is 1. The highest BCUT2D eigenvalue weighted by Gasteiger charge is 2.35. The van der Waals surface area contributed by atoms with Crippen molar-refractivity contribution in [2.24, 2.45) is 0 Å². The summed E-state index contributed by atoms with van der Waals surface area (Å²) in [6.45, 7) is 1.79. The molecule has 2 aromatic rings. The zero-order valence-corrected chi connectivity index (χ0v) is 14.7. The van der Waals surface area contributed by atoms with Gasteiger partial charge in [-0.2, -0.15) is 0 Å². The summed E-state index contributed by atoms with van der Waals surface area (Å²) in [7, 11) is 0. The number of halogens is 2. The second-order valence-corrected chi connectivity index (χ2v) is 6.16. The number of pyridine rings is 1. The highest BCUT2D eigenvalue weighted by atomic mass is 35.5. The fraction of sp³-hybridized carbons (Fsp3) is 0.235. The van der Waals surface area contributed by atoms with Crippen LogP contribution in [0.25, 0.3) is 0 Å². The van der Waals surface area contributed by atoms with Crippen LogP contribution in [0.1, 0.15) is 45.3 Å². The topological polar surface area (TPSA) is 79.7 Å². The number of carbonyl (C=O) groups excluding carboxylic acids is 2. The highest BCUT2D eigenvalue weighted by molar-refractivity contribution is 6.43. The second-order valence-electron chi connectivity index (χ2n) is 5.37. The lowest BCUT2D eigenvalue weighted by Gasteiger charge is -2.21. The van der Waals surface area contributed by atoms with Crippen molar-refractivity contribution in [1.29, 1.82) is 0 Å². The van der Waals surface area contributed by atoms with Crippen molar-refractivity contribution < 1.29 is 19.4 Å². The van der Waals surface area contributed by atoms with E-state index < -0.39 is 12.2 Å². The Balaban J connectivity index is 1.92. The average molecular weight is 381 g/mol. The molecule has 0 bridgehead atoms. The Morgan fingerprint density at radius 2 is 2.08 bits per heavy atom. The second kappa shape index (κ2) is 7.00. The molecule has 1 atom stereocenters. The molecular weight excluding hydrogens is 367 g/mol. The Kier molecular flexibility index (Phi) is 4.94. The smallest absolute Gasteiger partial charge is 0.358 e. The van der Waals surface area contributed by atoms with Crippen molar-refractivity contribution in [1.82, 2.24) is 9.88 Å². The predicted octanol–water partition coefficient (Wildman–Crippen LogP) is 3.21. The van der Waals surface area contributed by atoms with E-state index in [4.69, 9.17) is 27.9 Å². The third-order valence-electron chi connectivity index (χ3n) is 3.79. The molecule has 0 spiro atoms. The summed E-state index contributed by atoms with van der Waals surface area (Å²) >= 11 is 12.1. The first kappa shape index (κ1) is 17.7. The van der Waals surface area contributed by atoms with E-state index in [9.17, 15) is 14.7 Å². The van der Waals surface area contributed by atoms with Crippen LogP contribution in [0.15, 0.2) is 30.3 Å². The molecule has 6 nitrogen and oxygen atoms in total. The number of rotatable bonds is 4. The zero-order chi connectivity index (χ0) is 18.1. The number of esters is 1. The predicted molar refractivity (Wildman–Crippen MR) is 91.5 cm³/mol. The summed E-state index contributed by atoms with van der Waals surface area (Å²) in [5.41, 5.74) is 1.15. The van der Waals surface area contributed by atoms with Gasteiger partial charge in [0.2, 0.25) is 0 Å².